The van der Waals surface area contributed by atoms with Crippen molar-refractivity contribution in [2.75, 3.05) is 24.6 Å². The van der Waals surface area contributed by atoms with Crippen molar-refractivity contribution in [1.29, 1.82) is 0 Å². The van der Waals surface area contributed by atoms with Gasteiger partial charge < -0.3 is 9.64 Å². The van der Waals surface area contributed by atoms with E-state index in [-0.39, 0.29) is 11.9 Å². The summed E-state index contributed by atoms with van der Waals surface area (Å²) in [5.41, 5.74) is 0. The van der Waals surface area contributed by atoms with Gasteiger partial charge in [-0.05, 0) is 19.3 Å². The molecule has 0 spiro atoms. The van der Waals surface area contributed by atoms with E-state index in [9.17, 15) is 4.79 Å². The average molecular weight is 291 g/mol. The molecular formula is C16H25N3O2. The lowest BCUT2D eigenvalue weighted by Crippen LogP contribution is -2.37. The minimum atomic E-state index is -0.0229. The normalized spacial score (nSPS) is 16.0. The predicted octanol–water partition coefficient (Wildman–Crippen LogP) is 2.82. The van der Waals surface area contributed by atoms with E-state index >= 15 is 0 Å². The summed E-state index contributed by atoms with van der Waals surface area (Å²) < 4.78 is 5.38. The van der Waals surface area contributed by atoms with E-state index in [1.165, 1.54) is 12.8 Å². The Balaban J connectivity index is 1.67. The van der Waals surface area contributed by atoms with Crippen LogP contribution in [-0.2, 0) is 9.53 Å². The number of hydrogen-bond donors (Lipinski definition) is 0. The summed E-state index contributed by atoms with van der Waals surface area (Å²) in [6.45, 7) is 4.43. The van der Waals surface area contributed by atoms with Crippen LogP contribution in [0.4, 0.5) is 5.82 Å². The van der Waals surface area contributed by atoms with Crippen LogP contribution in [0.25, 0.3) is 0 Å². The molecule has 1 aromatic rings. The number of esters is 1. The standard InChI is InChI=1S/C16H25N3O2/c1-2-3-4-5-12-21-16(20)14-6-10-19(11-7-14)15-13-17-8-9-18-15/h8-9,13-14H,2-7,10-12H2,1H3. The molecule has 5 nitrogen and oxygen atoms in total. The number of hydrogen-bond acceptors (Lipinski definition) is 5. The Morgan fingerprint density at radius 2 is 2.10 bits per heavy atom. The zero-order valence-electron chi connectivity index (χ0n) is 12.8. The molecule has 1 saturated heterocycles. The smallest absolute Gasteiger partial charge is 0.309 e. The Kier molecular flexibility index (Phi) is 6.44. The molecule has 0 N–H and O–H groups in total. The number of carbonyl (C=O) groups is 1. The molecule has 116 valence electrons. The zero-order valence-corrected chi connectivity index (χ0v) is 12.8. The highest BCUT2D eigenvalue weighted by molar-refractivity contribution is 5.72. The molecule has 0 radical (unpaired) electrons. The Hall–Kier alpha value is -1.65. The molecule has 1 aliphatic heterocycles. The maximum absolute atomic E-state index is 12.0. The van der Waals surface area contributed by atoms with Crippen molar-refractivity contribution in [2.45, 2.75) is 45.4 Å². The van der Waals surface area contributed by atoms with Gasteiger partial charge in [0.2, 0.25) is 0 Å². The second-order valence-corrected chi connectivity index (χ2v) is 5.55. The van der Waals surface area contributed by atoms with Crippen LogP contribution in [0.2, 0.25) is 0 Å². The number of nitrogens with zero attached hydrogens (tertiary/aromatic N) is 3. The van der Waals surface area contributed by atoms with Crippen molar-refractivity contribution in [2.24, 2.45) is 5.92 Å². The van der Waals surface area contributed by atoms with Gasteiger partial charge in [0, 0.05) is 25.5 Å². The minimum Gasteiger partial charge on any atom is -0.465 e. The molecule has 0 bridgehead atoms. The predicted molar refractivity (Wildman–Crippen MR) is 82.1 cm³/mol. The Morgan fingerprint density at radius 3 is 2.76 bits per heavy atom. The molecule has 0 saturated carbocycles. The van der Waals surface area contributed by atoms with Crippen LogP contribution in [0.3, 0.4) is 0 Å². The highest BCUT2D eigenvalue weighted by atomic mass is 16.5. The van der Waals surface area contributed by atoms with E-state index in [0.717, 1.165) is 44.6 Å². The second kappa shape index (κ2) is 8.60. The van der Waals surface area contributed by atoms with Crippen molar-refractivity contribution in [3.8, 4) is 0 Å². The lowest BCUT2D eigenvalue weighted by molar-refractivity contribution is -0.149. The van der Waals surface area contributed by atoms with E-state index < -0.39 is 0 Å². The Bertz CT molecular complexity index is 417. The number of ether oxygens (including phenoxy) is 1. The minimum absolute atomic E-state index is 0.0229. The largest absolute Gasteiger partial charge is 0.465 e. The fraction of sp³-hybridized carbons (Fsp3) is 0.688. The van der Waals surface area contributed by atoms with Gasteiger partial charge in [0.25, 0.3) is 0 Å². The number of carbonyl (C=O) groups excluding carboxylic acids is 1. The van der Waals surface area contributed by atoms with Gasteiger partial charge in [0.1, 0.15) is 5.82 Å². The quantitative estimate of drug-likeness (QED) is 0.571. The summed E-state index contributed by atoms with van der Waals surface area (Å²) in [6.07, 6.45) is 11.4. The van der Waals surface area contributed by atoms with E-state index in [4.69, 9.17) is 4.74 Å². The van der Waals surface area contributed by atoms with Gasteiger partial charge >= 0.3 is 5.97 Å². The van der Waals surface area contributed by atoms with Gasteiger partial charge in [-0.15, -0.1) is 0 Å². The Labute approximate surface area is 126 Å². The first-order valence-corrected chi connectivity index (χ1v) is 7.99. The maximum Gasteiger partial charge on any atom is 0.309 e. The molecule has 0 aromatic carbocycles. The molecule has 0 amide bonds. The summed E-state index contributed by atoms with van der Waals surface area (Å²) >= 11 is 0. The molecule has 1 aliphatic rings. The van der Waals surface area contributed by atoms with Crippen LogP contribution in [-0.4, -0.2) is 35.6 Å². The van der Waals surface area contributed by atoms with Crippen LogP contribution >= 0.6 is 0 Å². The maximum atomic E-state index is 12.0. The molecular weight excluding hydrogens is 266 g/mol. The molecule has 2 rings (SSSR count). The van der Waals surface area contributed by atoms with Crippen molar-refractivity contribution in [1.82, 2.24) is 9.97 Å². The topological polar surface area (TPSA) is 55.3 Å². The average Bonchev–Trinajstić information content (AvgIpc) is 2.55. The number of anilines is 1. The first-order chi connectivity index (χ1) is 10.3. The van der Waals surface area contributed by atoms with E-state index in [1.54, 1.807) is 18.6 Å². The molecule has 21 heavy (non-hydrogen) atoms. The molecule has 0 atom stereocenters. The van der Waals surface area contributed by atoms with Gasteiger partial charge in [-0.1, -0.05) is 26.2 Å². The van der Waals surface area contributed by atoms with Crippen molar-refractivity contribution < 1.29 is 9.53 Å². The monoisotopic (exact) mass is 291 g/mol. The van der Waals surface area contributed by atoms with Gasteiger partial charge in [-0.2, -0.15) is 0 Å². The second-order valence-electron chi connectivity index (χ2n) is 5.55. The summed E-state index contributed by atoms with van der Waals surface area (Å²) in [4.78, 5) is 22.6. The fourth-order valence-corrected chi connectivity index (χ4v) is 2.62. The first-order valence-electron chi connectivity index (χ1n) is 7.99. The van der Waals surface area contributed by atoms with E-state index in [0.29, 0.717) is 6.61 Å². The first kappa shape index (κ1) is 15.7. The van der Waals surface area contributed by atoms with Gasteiger partial charge in [0.15, 0.2) is 0 Å². The molecule has 0 aliphatic carbocycles. The fourth-order valence-electron chi connectivity index (χ4n) is 2.62. The van der Waals surface area contributed by atoms with Crippen molar-refractivity contribution >= 4 is 11.8 Å². The van der Waals surface area contributed by atoms with E-state index in [1.807, 2.05) is 0 Å². The summed E-state index contributed by atoms with van der Waals surface area (Å²) in [5, 5.41) is 0. The van der Waals surface area contributed by atoms with Crippen LogP contribution in [0.15, 0.2) is 18.6 Å². The van der Waals surface area contributed by atoms with Crippen molar-refractivity contribution in [3.63, 3.8) is 0 Å². The molecule has 1 aromatic heterocycles. The third-order valence-electron chi connectivity index (χ3n) is 3.94. The summed E-state index contributed by atoms with van der Waals surface area (Å²) in [5.74, 6) is 0.915. The molecule has 2 heterocycles. The zero-order chi connectivity index (χ0) is 14.9. The third-order valence-corrected chi connectivity index (χ3v) is 3.94. The lowest BCUT2D eigenvalue weighted by Gasteiger charge is -2.31. The SMILES string of the molecule is CCCCCCOC(=O)C1CCN(c2cnccn2)CC1. The van der Waals surface area contributed by atoms with Crippen LogP contribution in [0, 0.1) is 5.92 Å². The molecule has 1 fully saturated rings. The van der Waals surface area contributed by atoms with Gasteiger partial charge in [-0.3, -0.25) is 9.78 Å². The highest BCUT2D eigenvalue weighted by Gasteiger charge is 2.26. The van der Waals surface area contributed by atoms with E-state index in [2.05, 4.69) is 21.8 Å². The highest BCUT2D eigenvalue weighted by Crippen LogP contribution is 2.22. The van der Waals surface area contributed by atoms with Crippen molar-refractivity contribution in [3.05, 3.63) is 18.6 Å². The number of unbranched alkanes of at least 4 members (excludes halogenated alkanes) is 3. The lowest BCUT2D eigenvalue weighted by atomic mass is 9.97. The Morgan fingerprint density at radius 1 is 1.29 bits per heavy atom. The van der Waals surface area contributed by atoms with Crippen LogP contribution < -0.4 is 4.90 Å². The van der Waals surface area contributed by atoms with Crippen LogP contribution in [0.5, 0.6) is 0 Å². The number of aromatic nitrogens is 2. The molecule has 0 unspecified atom stereocenters. The van der Waals surface area contributed by atoms with Crippen LogP contribution in [0.1, 0.15) is 45.4 Å². The summed E-state index contributed by atoms with van der Waals surface area (Å²) in [6, 6.07) is 0. The van der Waals surface area contributed by atoms with Gasteiger partial charge in [-0.25, -0.2) is 4.98 Å². The third kappa shape index (κ3) is 4.99. The summed E-state index contributed by atoms with van der Waals surface area (Å²) in [7, 11) is 0. The van der Waals surface area contributed by atoms with Gasteiger partial charge in [0.05, 0.1) is 18.7 Å². The molecule has 5 heteroatoms. The number of rotatable bonds is 7. The number of piperidine rings is 1.